The molecule has 0 bridgehead atoms. The molecule has 1 aliphatic rings. The predicted octanol–water partition coefficient (Wildman–Crippen LogP) is 2.25. The minimum absolute atomic E-state index is 0. The Hall–Kier alpha value is -0.710. The van der Waals surface area contributed by atoms with Crippen molar-refractivity contribution < 1.29 is 4.79 Å². The van der Waals surface area contributed by atoms with Gasteiger partial charge in [-0.3, -0.25) is 4.79 Å². The highest BCUT2D eigenvalue weighted by atomic mass is 35.5. The molecule has 3 nitrogen and oxygen atoms in total. The van der Waals surface area contributed by atoms with Crippen LogP contribution in [0, 0.1) is 5.92 Å². The van der Waals surface area contributed by atoms with E-state index in [0.717, 1.165) is 25.1 Å². The van der Waals surface area contributed by atoms with E-state index in [-0.39, 0.29) is 18.3 Å². The first-order valence-corrected chi connectivity index (χ1v) is 7.10. The van der Waals surface area contributed by atoms with Gasteiger partial charge < -0.3 is 10.6 Å². The molecule has 0 aromatic heterocycles. The lowest BCUT2D eigenvalue weighted by Crippen LogP contribution is -2.29. The van der Waals surface area contributed by atoms with Gasteiger partial charge in [-0.1, -0.05) is 0 Å². The van der Waals surface area contributed by atoms with E-state index in [4.69, 9.17) is 5.73 Å². The van der Waals surface area contributed by atoms with Crippen LogP contribution in [0.15, 0.2) is 29.2 Å². The first-order valence-electron chi connectivity index (χ1n) is 5.88. The largest absolute Gasteiger partial charge is 0.338 e. The second-order valence-corrected chi connectivity index (χ2v) is 5.25. The van der Waals surface area contributed by atoms with Crippen LogP contribution in [0.1, 0.15) is 16.8 Å². The van der Waals surface area contributed by atoms with E-state index in [1.807, 2.05) is 35.4 Å². The van der Waals surface area contributed by atoms with E-state index >= 15 is 0 Å². The van der Waals surface area contributed by atoms with Crippen LogP contribution in [0.4, 0.5) is 0 Å². The zero-order valence-electron chi connectivity index (χ0n) is 10.5. The summed E-state index contributed by atoms with van der Waals surface area (Å²) in [5.74, 6) is 0.609. The van der Waals surface area contributed by atoms with Gasteiger partial charge in [-0.25, -0.2) is 0 Å². The van der Waals surface area contributed by atoms with Gasteiger partial charge >= 0.3 is 0 Å². The number of thioether (sulfide) groups is 1. The van der Waals surface area contributed by atoms with Crippen LogP contribution in [0.25, 0.3) is 0 Å². The predicted molar refractivity (Wildman–Crippen MR) is 78.5 cm³/mol. The highest BCUT2D eigenvalue weighted by Crippen LogP contribution is 2.20. The Kier molecular flexibility index (Phi) is 5.99. The summed E-state index contributed by atoms with van der Waals surface area (Å²) in [6.07, 6.45) is 3.06. The summed E-state index contributed by atoms with van der Waals surface area (Å²) in [6.45, 7) is 2.32. The monoisotopic (exact) mass is 286 g/mol. The molecule has 1 aromatic rings. The van der Waals surface area contributed by atoms with Gasteiger partial charge in [-0.2, -0.15) is 0 Å². The van der Waals surface area contributed by atoms with E-state index in [0.29, 0.717) is 12.5 Å². The molecule has 0 aliphatic carbocycles. The summed E-state index contributed by atoms with van der Waals surface area (Å²) < 4.78 is 0. The Morgan fingerprint density at radius 3 is 2.61 bits per heavy atom. The molecule has 0 spiro atoms. The second kappa shape index (κ2) is 7.02. The van der Waals surface area contributed by atoms with Crippen molar-refractivity contribution in [3.63, 3.8) is 0 Å². The van der Waals surface area contributed by atoms with Crippen LogP contribution in [-0.4, -0.2) is 36.7 Å². The van der Waals surface area contributed by atoms with Gasteiger partial charge in [0.25, 0.3) is 5.91 Å². The quantitative estimate of drug-likeness (QED) is 0.867. The zero-order chi connectivity index (χ0) is 12.3. The van der Waals surface area contributed by atoms with E-state index in [9.17, 15) is 4.79 Å². The van der Waals surface area contributed by atoms with E-state index < -0.39 is 0 Å². The molecule has 100 valence electrons. The fourth-order valence-electron chi connectivity index (χ4n) is 2.13. The van der Waals surface area contributed by atoms with Gasteiger partial charge in [0.2, 0.25) is 0 Å². The summed E-state index contributed by atoms with van der Waals surface area (Å²) in [5, 5.41) is 0. The summed E-state index contributed by atoms with van der Waals surface area (Å²) in [7, 11) is 0. The van der Waals surface area contributed by atoms with Gasteiger partial charge in [0.05, 0.1) is 0 Å². The molecule has 1 amide bonds. The molecule has 2 N–H and O–H groups in total. The lowest BCUT2D eigenvalue weighted by atomic mass is 10.1. The molecule has 1 aromatic carbocycles. The van der Waals surface area contributed by atoms with Gasteiger partial charge in [0.15, 0.2) is 0 Å². The number of carbonyl (C=O) groups is 1. The third-order valence-corrected chi connectivity index (χ3v) is 3.99. The molecule has 0 saturated carbocycles. The van der Waals surface area contributed by atoms with Gasteiger partial charge in [-0.05, 0) is 49.4 Å². The van der Waals surface area contributed by atoms with Crippen LogP contribution in [0.3, 0.4) is 0 Å². The summed E-state index contributed by atoms with van der Waals surface area (Å²) in [4.78, 5) is 15.3. The number of likely N-dealkylation sites (tertiary alicyclic amines) is 1. The van der Waals surface area contributed by atoms with Crippen molar-refractivity contribution in [2.75, 3.05) is 25.9 Å². The maximum atomic E-state index is 12.2. The Morgan fingerprint density at radius 1 is 1.44 bits per heavy atom. The highest BCUT2D eigenvalue weighted by molar-refractivity contribution is 7.98. The molecule has 1 heterocycles. The third kappa shape index (κ3) is 3.40. The Morgan fingerprint density at radius 2 is 2.11 bits per heavy atom. The van der Waals surface area contributed by atoms with Crippen molar-refractivity contribution in [2.24, 2.45) is 11.7 Å². The number of hydrogen-bond acceptors (Lipinski definition) is 3. The zero-order valence-corrected chi connectivity index (χ0v) is 12.1. The van der Waals surface area contributed by atoms with Crippen molar-refractivity contribution in [3.05, 3.63) is 29.8 Å². The lowest BCUT2D eigenvalue weighted by molar-refractivity contribution is 0.0787. The minimum atomic E-state index is 0. The number of carbonyl (C=O) groups excluding carboxylic acids is 1. The number of benzene rings is 1. The van der Waals surface area contributed by atoms with Crippen LogP contribution < -0.4 is 5.73 Å². The maximum absolute atomic E-state index is 12.2. The first kappa shape index (κ1) is 15.3. The molecule has 2 rings (SSSR count). The highest BCUT2D eigenvalue weighted by Gasteiger charge is 2.25. The molecule has 1 saturated heterocycles. The Bertz CT molecular complexity index is 396. The average molecular weight is 287 g/mol. The number of nitrogens with two attached hydrogens (primary N) is 1. The van der Waals surface area contributed by atoms with Crippen LogP contribution in [0.2, 0.25) is 0 Å². The minimum Gasteiger partial charge on any atom is -0.338 e. The molecule has 0 radical (unpaired) electrons. The van der Waals surface area contributed by atoms with Crippen molar-refractivity contribution in [1.82, 2.24) is 4.90 Å². The van der Waals surface area contributed by atoms with Gasteiger partial charge in [-0.15, -0.1) is 24.2 Å². The van der Waals surface area contributed by atoms with Gasteiger partial charge in [0, 0.05) is 23.5 Å². The maximum Gasteiger partial charge on any atom is 0.253 e. The van der Waals surface area contributed by atoms with Gasteiger partial charge in [0.1, 0.15) is 0 Å². The number of hydrogen-bond donors (Lipinski definition) is 1. The number of rotatable bonds is 3. The molecule has 1 atom stereocenters. The summed E-state index contributed by atoms with van der Waals surface area (Å²) in [5.41, 5.74) is 6.41. The topological polar surface area (TPSA) is 46.3 Å². The standard InChI is InChI=1S/C13H18N2OS.ClH/c1-17-12-4-2-11(3-5-12)13(16)15-7-6-10(8-14)9-15;/h2-5,10H,6-9,14H2,1H3;1H. The number of halogens is 1. The molecule has 1 fully saturated rings. The first-order chi connectivity index (χ1) is 8.24. The van der Waals surface area contributed by atoms with E-state index in [1.165, 1.54) is 4.90 Å². The SMILES string of the molecule is CSc1ccc(C(=O)N2CCC(CN)C2)cc1.Cl. The van der Waals surface area contributed by atoms with Crippen molar-refractivity contribution >= 4 is 30.1 Å². The van der Waals surface area contributed by atoms with Crippen LogP contribution in [-0.2, 0) is 0 Å². The number of nitrogens with zero attached hydrogens (tertiary/aromatic N) is 1. The molecule has 5 heteroatoms. The molecule has 1 aliphatic heterocycles. The molecular formula is C13H19ClN2OS. The van der Waals surface area contributed by atoms with Crippen molar-refractivity contribution in [2.45, 2.75) is 11.3 Å². The second-order valence-electron chi connectivity index (χ2n) is 4.37. The van der Waals surface area contributed by atoms with Crippen LogP contribution in [0.5, 0.6) is 0 Å². The molecule has 1 unspecified atom stereocenters. The smallest absolute Gasteiger partial charge is 0.253 e. The van der Waals surface area contributed by atoms with E-state index in [2.05, 4.69) is 0 Å². The van der Waals surface area contributed by atoms with Crippen molar-refractivity contribution in [3.8, 4) is 0 Å². The average Bonchev–Trinajstić information content (AvgIpc) is 2.87. The lowest BCUT2D eigenvalue weighted by Gasteiger charge is -2.16. The normalized spacial score (nSPS) is 18.6. The molecular weight excluding hydrogens is 268 g/mol. The molecule has 18 heavy (non-hydrogen) atoms. The van der Waals surface area contributed by atoms with Crippen LogP contribution >= 0.6 is 24.2 Å². The third-order valence-electron chi connectivity index (χ3n) is 3.24. The summed E-state index contributed by atoms with van der Waals surface area (Å²) in [6, 6.07) is 7.80. The summed E-state index contributed by atoms with van der Waals surface area (Å²) >= 11 is 1.68. The fraction of sp³-hybridized carbons (Fsp3) is 0.462. The fourth-order valence-corrected chi connectivity index (χ4v) is 2.53. The van der Waals surface area contributed by atoms with Crippen molar-refractivity contribution in [1.29, 1.82) is 0 Å². The Balaban J connectivity index is 0.00000162. The van der Waals surface area contributed by atoms with E-state index in [1.54, 1.807) is 11.8 Å². The Labute approximate surface area is 119 Å². The number of amides is 1.